The van der Waals surface area contributed by atoms with E-state index in [1.807, 2.05) is 0 Å². The van der Waals surface area contributed by atoms with Crippen LogP contribution in [0, 0.1) is 0 Å². The first-order chi connectivity index (χ1) is 1.73. The van der Waals surface area contributed by atoms with Crippen LogP contribution in [-0.4, -0.2) is 39.4 Å². The molecule has 0 bridgehead atoms. The van der Waals surface area contributed by atoms with Gasteiger partial charge in [0, 0.05) is 22.4 Å². The fourth-order valence-electron chi connectivity index (χ4n) is 0. The molecule has 0 unspecified atom stereocenters. The van der Waals surface area contributed by atoms with Crippen LogP contribution in [0.1, 0.15) is 2.85 Å². The fraction of sp³-hybridized carbons (Fsp3) is 0. The molecule has 39 valence electrons. The van der Waals surface area contributed by atoms with Gasteiger partial charge in [-0.25, -0.2) is 4.79 Å². The van der Waals surface area contributed by atoms with E-state index in [9.17, 15) is 0 Å². The Balaban J connectivity index is -0.00000000750. The van der Waals surface area contributed by atoms with E-state index in [1.54, 1.807) is 0 Å². The van der Waals surface area contributed by atoms with Gasteiger partial charge in [-0.05, 0) is 0 Å². The summed E-state index contributed by atoms with van der Waals surface area (Å²) in [6.45, 7) is 0. The molecule has 6 heavy (non-hydrogen) atoms. The predicted molar refractivity (Wildman–Crippen MR) is 18.6 cm³/mol. The van der Waals surface area contributed by atoms with Crippen molar-refractivity contribution in [1.82, 2.24) is 0 Å². The molecule has 0 aromatic rings. The van der Waals surface area contributed by atoms with Crippen molar-refractivity contribution < 1.29 is 40.2 Å². The van der Waals surface area contributed by atoms with E-state index < -0.39 is 6.16 Å². The minimum atomic E-state index is -1.83. The number of carboxylic acid groups (broad SMARTS) is 2. The molecule has 0 amide bonds. The van der Waals surface area contributed by atoms with Gasteiger partial charge in [0.05, 0.1) is 0 Å². The molecular formula is CH4AuMgO3. The van der Waals surface area contributed by atoms with Crippen LogP contribution in [0.2, 0.25) is 0 Å². The standard InChI is InChI=1S/CH2O3.Au.Mg.2H/c2-1(3)4;;;;/h(H2,2,3,4);;;;/q;;+2;2*-1. The molecule has 0 aromatic carbocycles. The van der Waals surface area contributed by atoms with Gasteiger partial charge in [-0.2, -0.15) is 0 Å². The zero-order valence-corrected chi connectivity index (χ0v) is 6.39. The molecule has 3 nitrogen and oxygen atoms in total. The zero-order chi connectivity index (χ0) is 3.58. The Morgan fingerprint density at radius 3 is 1.50 bits per heavy atom. The normalized spacial score (nSPS) is 4.00. The monoisotopic (exact) mass is 285 g/mol. The van der Waals surface area contributed by atoms with E-state index in [4.69, 9.17) is 15.0 Å². The molecular weight excluding hydrogens is 281 g/mol. The van der Waals surface area contributed by atoms with Gasteiger partial charge in [-0.3, -0.25) is 0 Å². The molecule has 0 fully saturated rings. The summed E-state index contributed by atoms with van der Waals surface area (Å²) in [6, 6.07) is 0. The smallest absolute Gasteiger partial charge is 1.00 e. The number of carbonyl (C=O) groups is 1. The van der Waals surface area contributed by atoms with Crippen molar-refractivity contribution in [3.05, 3.63) is 0 Å². The largest absolute Gasteiger partial charge is 2.00 e. The van der Waals surface area contributed by atoms with Gasteiger partial charge in [-0.15, -0.1) is 0 Å². The van der Waals surface area contributed by atoms with Crippen LogP contribution >= 0.6 is 0 Å². The average molecular weight is 285 g/mol. The molecule has 0 aliphatic rings. The Hall–Kier alpha value is 0.776. The summed E-state index contributed by atoms with van der Waals surface area (Å²) in [5, 5.41) is 13.9. The molecule has 0 rings (SSSR count). The third-order valence-electron chi connectivity index (χ3n) is 0. The van der Waals surface area contributed by atoms with Gasteiger partial charge in [0.25, 0.3) is 0 Å². The van der Waals surface area contributed by atoms with E-state index in [1.165, 1.54) is 0 Å². The molecule has 0 aliphatic carbocycles. The summed E-state index contributed by atoms with van der Waals surface area (Å²) in [7, 11) is 0. The first kappa shape index (κ1) is 15.9. The molecule has 5 heteroatoms. The summed E-state index contributed by atoms with van der Waals surface area (Å²) in [5.41, 5.74) is 0. The summed E-state index contributed by atoms with van der Waals surface area (Å²) < 4.78 is 0. The number of hydrogen-bond acceptors (Lipinski definition) is 1. The molecule has 0 saturated heterocycles. The fourth-order valence-corrected chi connectivity index (χ4v) is 0. The second-order valence-electron chi connectivity index (χ2n) is 0.283. The molecule has 0 aliphatic heterocycles. The third kappa shape index (κ3) is 113. The molecule has 1 radical (unpaired) electrons. The van der Waals surface area contributed by atoms with E-state index in [0.29, 0.717) is 0 Å². The van der Waals surface area contributed by atoms with Crippen molar-refractivity contribution in [2.45, 2.75) is 0 Å². The van der Waals surface area contributed by atoms with Gasteiger partial charge in [0.2, 0.25) is 0 Å². The van der Waals surface area contributed by atoms with Crippen LogP contribution in [0.3, 0.4) is 0 Å². The van der Waals surface area contributed by atoms with Crippen molar-refractivity contribution in [3.63, 3.8) is 0 Å². The van der Waals surface area contributed by atoms with Crippen molar-refractivity contribution in [2.24, 2.45) is 0 Å². The minimum Gasteiger partial charge on any atom is -1.00 e. The van der Waals surface area contributed by atoms with E-state index in [0.717, 1.165) is 0 Å². The molecule has 0 saturated carbocycles. The summed E-state index contributed by atoms with van der Waals surface area (Å²) in [4.78, 5) is 8.56. The summed E-state index contributed by atoms with van der Waals surface area (Å²) in [5.74, 6) is 0. The van der Waals surface area contributed by atoms with Crippen LogP contribution in [-0.2, 0) is 22.4 Å². The van der Waals surface area contributed by atoms with Crippen molar-refractivity contribution in [2.75, 3.05) is 0 Å². The molecule has 0 heterocycles. The van der Waals surface area contributed by atoms with Crippen molar-refractivity contribution in [3.8, 4) is 0 Å². The van der Waals surface area contributed by atoms with Crippen molar-refractivity contribution >= 4 is 29.2 Å². The predicted octanol–water partition coefficient (Wildman–Crippen LogP) is 0.0641. The van der Waals surface area contributed by atoms with Gasteiger partial charge in [0.1, 0.15) is 0 Å². The quantitative estimate of drug-likeness (QED) is 0.619. The van der Waals surface area contributed by atoms with E-state index in [2.05, 4.69) is 0 Å². The Labute approximate surface area is 69.4 Å². The SMILES string of the molecule is O=C(O)O.[Au].[H-].[H-].[Mg+2]. The minimum absolute atomic E-state index is 0. The first-order valence-corrected chi connectivity index (χ1v) is 0.651. The second kappa shape index (κ2) is 9.24. The van der Waals surface area contributed by atoms with Gasteiger partial charge in [-0.1, -0.05) is 0 Å². The number of rotatable bonds is 0. The third-order valence-corrected chi connectivity index (χ3v) is 0. The summed E-state index contributed by atoms with van der Waals surface area (Å²) in [6.07, 6.45) is -1.83. The van der Waals surface area contributed by atoms with Crippen LogP contribution < -0.4 is 0 Å². The molecule has 0 atom stereocenters. The van der Waals surface area contributed by atoms with Gasteiger partial charge < -0.3 is 13.1 Å². The van der Waals surface area contributed by atoms with Crippen LogP contribution in [0.4, 0.5) is 4.79 Å². The Morgan fingerprint density at radius 2 is 1.50 bits per heavy atom. The Kier molecular flexibility index (Phi) is 24.4. The van der Waals surface area contributed by atoms with Crippen LogP contribution in [0.25, 0.3) is 0 Å². The van der Waals surface area contributed by atoms with E-state index >= 15 is 0 Å². The van der Waals surface area contributed by atoms with Crippen LogP contribution in [0.15, 0.2) is 0 Å². The van der Waals surface area contributed by atoms with Gasteiger partial charge in [0.15, 0.2) is 0 Å². The molecule has 2 N–H and O–H groups in total. The second-order valence-corrected chi connectivity index (χ2v) is 0.283. The molecule has 0 spiro atoms. The maximum Gasteiger partial charge on any atom is 2.00 e. The van der Waals surface area contributed by atoms with Crippen molar-refractivity contribution in [1.29, 1.82) is 0 Å². The topological polar surface area (TPSA) is 57.5 Å². The van der Waals surface area contributed by atoms with E-state index in [-0.39, 0.29) is 48.3 Å². The summed E-state index contributed by atoms with van der Waals surface area (Å²) >= 11 is 0. The number of hydrogen-bond donors (Lipinski definition) is 2. The Bertz CT molecular complexity index is 40.3. The maximum absolute atomic E-state index is 8.56. The first-order valence-electron chi connectivity index (χ1n) is 0.651. The van der Waals surface area contributed by atoms with Gasteiger partial charge >= 0.3 is 29.2 Å². The van der Waals surface area contributed by atoms with Crippen LogP contribution in [0.5, 0.6) is 0 Å². The Morgan fingerprint density at radius 1 is 1.50 bits per heavy atom. The molecule has 0 aromatic heterocycles. The maximum atomic E-state index is 8.56. The average Bonchev–Trinajstić information content (AvgIpc) is 0.811. The zero-order valence-electron chi connectivity index (χ0n) is 4.81.